The lowest BCUT2D eigenvalue weighted by atomic mass is 9.96. The molecule has 0 bridgehead atoms. The zero-order valence-corrected chi connectivity index (χ0v) is 16.0. The van der Waals surface area contributed by atoms with Gasteiger partial charge >= 0.3 is 0 Å². The van der Waals surface area contributed by atoms with E-state index >= 15 is 0 Å². The van der Waals surface area contributed by atoms with Crippen LogP contribution in [0.4, 0.5) is 0 Å². The van der Waals surface area contributed by atoms with E-state index in [9.17, 15) is 4.79 Å². The number of hydrogen-bond acceptors (Lipinski definition) is 3. The molecule has 1 aliphatic rings. The second-order valence-electron chi connectivity index (χ2n) is 5.92. The molecule has 0 saturated carbocycles. The largest absolute Gasteiger partial charge is 0.337 e. The summed E-state index contributed by atoms with van der Waals surface area (Å²) >= 11 is 3.54. The summed E-state index contributed by atoms with van der Waals surface area (Å²) in [6.07, 6.45) is 2.09. The Bertz CT molecular complexity index is 668. The van der Waals surface area contributed by atoms with Crippen molar-refractivity contribution < 1.29 is 4.79 Å². The van der Waals surface area contributed by atoms with Gasteiger partial charge in [0.25, 0.3) is 5.91 Å². The average molecular weight is 414 g/mol. The number of nitrogens with one attached hydrogen (secondary N) is 2. The molecular formula is C17H22BrClN4O. The van der Waals surface area contributed by atoms with Gasteiger partial charge < -0.3 is 10.2 Å². The predicted molar refractivity (Wildman–Crippen MR) is 102 cm³/mol. The zero-order chi connectivity index (χ0) is 16.2. The van der Waals surface area contributed by atoms with Gasteiger partial charge in [-0.2, -0.15) is 5.10 Å². The Morgan fingerprint density at radius 1 is 1.33 bits per heavy atom. The molecule has 0 atom stereocenters. The third kappa shape index (κ3) is 3.99. The van der Waals surface area contributed by atoms with Crippen LogP contribution in [0.15, 0.2) is 34.8 Å². The minimum atomic E-state index is 0. The van der Waals surface area contributed by atoms with Gasteiger partial charge in [0, 0.05) is 18.7 Å². The molecule has 5 nitrogen and oxygen atoms in total. The van der Waals surface area contributed by atoms with Crippen LogP contribution in [-0.2, 0) is 0 Å². The predicted octanol–water partition coefficient (Wildman–Crippen LogP) is 3.33. The summed E-state index contributed by atoms with van der Waals surface area (Å²) < 4.78 is 0.742. The van der Waals surface area contributed by atoms with Crippen LogP contribution in [0.5, 0.6) is 0 Å². The van der Waals surface area contributed by atoms with Crippen LogP contribution in [-0.4, -0.2) is 47.7 Å². The van der Waals surface area contributed by atoms with Crippen LogP contribution < -0.4 is 5.32 Å². The molecular weight excluding hydrogens is 392 g/mol. The van der Waals surface area contributed by atoms with Crippen LogP contribution in [0.1, 0.15) is 23.3 Å². The van der Waals surface area contributed by atoms with E-state index in [1.165, 1.54) is 0 Å². The summed E-state index contributed by atoms with van der Waals surface area (Å²) in [5, 5.41) is 10.4. The number of rotatable bonds is 4. The Labute approximate surface area is 156 Å². The monoisotopic (exact) mass is 412 g/mol. The van der Waals surface area contributed by atoms with Gasteiger partial charge in [-0.15, -0.1) is 12.4 Å². The fourth-order valence-corrected chi connectivity index (χ4v) is 3.62. The summed E-state index contributed by atoms with van der Waals surface area (Å²) in [5.41, 5.74) is 2.30. The first-order chi connectivity index (χ1) is 11.2. The first-order valence-electron chi connectivity index (χ1n) is 7.94. The third-order valence-corrected chi connectivity index (χ3v) is 5.13. The Morgan fingerprint density at radius 2 is 2.00 bits per heavy atom. The lowest BCUT2D eigenvalue weighted by molar-refractivity contribution is 0.0684. The number of carbonyl (C=O) groups is 1. The smallest absolute Gasteiger partial charge is 0.273 e. The fourth-order valence-electron chi connectivity index (χ4n) is 3.04. The summed E-state index contributed by atoms with van der Waals surface area (Å²) in [6.45, 7) is 2.63. The second-order valence-corrected chi connectivity index (χ2v) is 6.71. The van der Waals surface area contributed by atoms with Crippen molar-refractivity contribution in [3.63, 3.8) is 0 Å². The summed E-state index contributed by atoms with van der Waals surface area (Å²) in [5.74, 6) is 0.684. The van der Waals surface area contributed by atoms with E-state index in [1.54, 1.807) is 0 Å². The van der Waals surface area contributed by atoms with Crippen molar-refractivity contribution >= 4 is 34.2 Å². The summed E-state index contributed by atoms with van der Waals surface area (Å²) in [7, 11) is 1.98. The Hall–Kier alpha value is -1.37. The highest BCUT2D eigenvalue weighted by molar-refractivity contribution is 9.10. The van der Waals surface area contributed by atoms with Gasteiger partial charge in [-0.1, -0.05) is 30.3 Å². The number of amides is 1. The molecule has 7 heteroatoms. The molecule has 2 aromatic rings. The van der Waals surface area contributed by atoms with Crippen molar-refractivity contribution in [2.45, 2.75) is 12.8 Å². The van der Waals surface area contributed by atoms with Crippen molar-refractivity contribution in [2.24, 2.45) is 5.92 Å². The Balaban J connectivity index is 0.00000208. The molecule has 1 fully saturated rings. The number of aromatic nitrogens is 2. The summed E-state index contributed by atoms with van der Waals surface area (Å²) in [4.78, 5) is 14.7. The topological polar surface area (TPSA) is 61.0 Å². The Morgan fingerprint density at radius 3 is 2.62 bits per heavy atom. The van der Waals surface area contributed by atoms with Crippen molar-refractivity contribution in [2.75, 3.05) is 26.7 Å². The fraction of sp³-hybridized carbons (Fsp3) is 0.412. The van der Waals surface area contributed by atoms with E-state index in [0.717, 1.165) is 48.2 Å². The number of likely N-dealkylation sites (tertiary alicyclic amines) is 1. The minimum Gasteiger partial charge on any atom is -0.337 e. The quantitative estimate of drug-likeness (QED) is 0.808. The number of halogens is 2. The molecule has 0 unspecified atom stereocenters. The van der Waals surface area contributed by atoms with Crippen molar-refractivity contribution in [1.82, 2.24) is 20.4 Å². The average Bonchev–Trinajstić information content (AvgIpc) is 2.97. The van der Waals surface area contributed by atoms with Crippen LogP contribution in [0.3, 0.4) is 0 Å². The number of aromatic amines is 1. The number of carbonyl (C=O) groups excluding carboxylic acids is 1. The van der Waals surface area contributed by atoms with Gasteiger partial charge in [0.15, 0.2) is 0 Å². The summed E-state index contributed by atoms with van der Waals surface area (Å²) in [6, 6.07) is 9.86. The van der Waals surface area contributed by atoms with E-state index in [2.05, 4.69) is 31.4 Å². The molecule has 24 heavy (non-hydrogen) atoms. The highest BCUT2D eigenvalue weighted by Crippen LogP contribution is 2.30. The number of nitrogens with zero attached hydrogens (tertiary/aromatic N) is 2. The standard InChI is InChI=1S/C17H21BrN4O.ClH/c1-19-11-12-7-9-22(10-8-12)17(23)16-14(18)15(20-21-16)13-5-3-2-4-6-13;/h2-6,12,19H,7-11H2,1H3,(H,20,21);1H. The van der Waals surface area contributed by atoms with Gasteiger partial charge in [0.05, 0.1) is 4.47 Å². The molecule has 1 aromatic carbocycles. The first-order valence-corrected chi connectivity index (χ1v) is 8.73. The second kappa shape index (κ2) is 8.65. The maximum Gasteiger partial charge on any atom is 0.273 e. The van der Waals surface area contributed by atoms with Gasteiger partial charge in [-0.25, -0.2) is 0 Å². The number of piperidine rings is 1. The number of hydrogen-bond donors (Lipinski definition) is 2. The van der Waals surface area contributed by atoms with Crippen LogP contribution >= 0.6 is 28.3 Å². The van der Waals surface area contributed by atoms with Gasteiger partial charge in [-0.05, 0) is 48.3 Å². The van der Waals surface area contributed by atoms with E-state index in [1.807, 2.05) is 42.3 Å². The highest BCUT2D eigenvalue weighted by atomic mass is 79.9. The molecule has 1 aliphatic heterocycles. The molecule has 1 amide bonds. The lowest BCUT2D eigenvalue weighted by Gasteiger charge is -2.31. The molecule has 0 aliphatic carbocycles. The zero-order valence-electron chi connectivity index (χ0n) is 13.6. The van der Waals surface area contributed by atoms with Crippen LogP contribution in [0, 0.1) is 5.92 Å². The maximum absolute atomic E-state index is 12.7. The van der Waals surface area contributed by atoms with E-state index in [-0.39, 0.29) is 18.3 Å². The maximum atomic E-state index is 12.7. The molecule has 2 heterocycles. The molecule has 1 saturated heterocycles. The molecule has 0 radical (unpaired) electrons. The van der Waals surface area contributed by atoms with Crippen LogP contribution in [0.25, 0.3) is 11.3 Å². The van der Waals surface area contributed by atoms with Crippen molar-refractivity contribution in [3.05, 3.63) is 40.5 Å². The number of H-pyrrole nitrogens is 1. The van der Waals surface area contributed by atoms with Gasteiger partial charge in [-0.3, -0.25) is 9.89 Å². The van der Waals surface area contributed by atoms with Crippen molar-refractivity contribution in [1.29, 1.82) is 0 Å². The van der Waals surface area contributed by atoms with Gasteiger partial charge in [0.1, 0.15) is 11.4 Å². The first kappa shape index (κ1) is 19.0. The highest BCUT2D eigenvalue weighted by Gasteiger charge is 2.27. The van der Waals surface area contributed by atoms with E-state index < -0.39 is 0 Å². The molecule has 0 spiro atoms. The van der Waals surface area contributed by atoms with Crippen molar-refractivity contribution in [3.8, 4) is 11.3 Å². The third-order valence-electron chi connectivity index (χ3n) is 4.36. The molecule has 3 rings (SSSR count). The minimum absolute atomic E-state index is 0. The number of benzene rings is 1. The normalized spacial score (nSPS) is 15.2. The molecule has 130 valence electrons. The lowest BCUT2D eigenvalue weighted by Crippen LogP contribution is -2.40. The van der Waals surface area contributed by atoms with E-state index in [4.69, 9.17) is 0 Å². The van der Waals surface area contributed by atoms with E-state index in [0.29, 0.717) is 11.6 Å². The molecule has 2 N–H and O–H groups in total. The van der Waals surface area contributed by atoms with Crippen LogP contribution in [0.2, 0.25) is 0 Å². The molecule has 1 aromatic heterocycles. The SMILES string of the molecule is CNCC1CCN(C(=O)c2[nH]nc(-c3ccccc3)c2Br)CC1.Cl. The Kier molecular flexibility index (Phi) is 6.83. The van der Waals surface area contributed by atoms with Gasteiger partial charge in [0.2, 0.25) is 0 Å².